The first-order valence-corrected chi connectivity index (χ1v) is 10.7. The molecule has 0 radical (unpaired) electrons. The molecule has 2 aromatic rings. The number of carbonyl (C=O) groups is 2. The highest BCUT2D eigenvalue weighted by Crippen LogP contribution is 2.42. The van der Waals surface area contributed by atoms with Crippen molar-refractivity contribution in [2.45, 2.75) is 18.3 Å². The number of hydrazine groups is 1. The summed E-state index contributed by atoms with van der Waals surface area (Å²) in [7, 11) is 0.979. The van der Waals surface area contributed by atoms with Crippen molar-refractivity contribution < 1.29 is 40.3 Å². The number of rotatable bonds is 5. The van der Waals surface area contributed by atoms with E-state index in [0.717, 1.165) is 43.4 Å². The lowest BCUT2D eigenvalue weighted by atomic mass is 9.96. The zero-order valence-electron chi connectivity index (χ0n) is 17.9. The summed E-state index contributed by atoms with van der Waals surface area (Å²) < 4.78 is 92.1. The van der Waals surface area contributed by atoms with Gasteiger partial charge in [-0.25, -0.2) is 14.2 Å². The quantitative estimate of drug-likeness (QED) is 0.224. The molecule has 0 fully saturated rings. The van der Waals surface area contributed by atoms with E-state index in [1.54, 1.807) is 0 Å². The molecule has 0 heterocycles. The first-order valence-electron chi connectivity index (χ1n) is 9.58. The molecule has 2 rings (SSSR count). The van der Waals surface area contributed by atoms with Crippen LogP contribution in [0.2, 0.25) is 15.1 Å². The Kier molecular flexibility index (Phi) is 9.49. The fraction of sp³-hybridized carbons (Fsp3) is 0.238. The first-order chi connectivity index (χ1) is 16.5. The number of urea groups is 1. The maximum atomic E-state index is 14.7. The van der Waals surface area contributed by atoms with E-state index in [2.05, 4.69) is 0 Å². The largest absolute Gasteiger partial charge is 0.405 e. The van der Waals surface area contributed by atoms with Gasteiger partial charge in [-0.2, -0.15) is 26.3 Å². The number of nitrogens with zero attached hydrogens (tertiary/aromatic N) is 1. The summed E-state index contributed by atoms with van der Waals surface area (Å²) in [6, 6.07) is 4.64. The smallest absolute Gasteiger partial charge is 0.327 e. The van der Waals surface area contributed by atoms with Crippen molar-refractivity contribution in [3.05, 3.63) is 74.2 Å². The molecule has 0 bridgehead atoms. The van der Waals surface area contributed by atoms with Crippen molar-refractivity contribution >= 4 is 52.6 Å². The fourth-order valence-corrected chi connectivity index (χ4v) is 3.33. The molecule has 0 aliphatic rings. The SMILES string of the molecule is CN(NC(=O)c1ccc(C(F)=CC(c2cc(Cl)c(Cl)c(Cl)c2)C(F)(F)F)cc1)C(=O)NCC(F)(F)F. The van der Waals surface area contributed by atoms with E-state index in [1.165, 1.54) is 5.32 Å². The zero-order chi connectivity index (χ0) is 27.4. The highest BCUT2D eigenvalue weighted by molar-refractivity contribution is 6.48. The molecule has 5 nitrogen and oxygen atoms in total. The van der Waals surface area contributed by atoms with Crippen molar-refractivity contribution in [2.75, 3.05) is 13.6 Å². The standard InChI is InChI=1S/C21H15Cl3F7N3O2/c1-34(19(36)32-9-20(26,27)28)33-18(35)11-4-2-10(3-5-11)16(25)8-13(21(29,30)31)12-6-14(22)17(24)15(23)7-12/h2-8,13H,9H2,1H3,(H,32,36)(H,33,35). The van der Waals surface area contributed by atoms with Gasteiger partial charge in [0, 0.05) is 18.2 Å². The Morgan fingerprint density at radius 2 is 1.47 bits per heavy atom. The molecule has 2 N–H and O–H groups in total. The lowest BCUT2D eigenvalue weighted by molar-refractivity contribution is -0.139. The second kappa shape index (κ2) is 11.6. The Balaban J connectivity index is 2.19. The Morgan fingerprint density at radius 1 is 0.972 bits per heavy atom. The molecule has 2 aromatic carbocycles. The summed E-state index contributed by atoms with van der Waals surface area (Å²) in [6.07, 6.45) is -9.29. The predicted molar refractivity (Wildman–Crippen MR) is 120 cm³/mol. The van der Waals surface area contributed by atoms with Gasteiger partial charge in [-0.15, -0.1) is 0 Å². The van der Waals surface area contributed by atoms with Crippen LogP contribution in [0.5, 0.6) is 0 Å². The molecule has 0 aromatic heterocycles. The average molecular weight is 581 g/mol. The molecular weight excluding hydrogens is 566 g/mol. The molecule has 1 unspecified atom stereocenters. The second-order valence-corrected chi connectivity index (χ2v) is 8.38. The Bertz CT molecular complexity index is 1130. The number of hydrogen-bond acceptors (Lipinski definition) is 2. The van der Waals surface area contributed by atoms with Crippen molar-refractivity contribution in [1.29, 1.82) is 0 Å². The summed E-state index contributed by atoms with van der Waals surface area (Å²) in [5.74, 6) is -4.67. The molecular formula is C21H15Cl3F7N3O2. The minimum Gasteiger partial charge on any atom is -0.327 e. The summed E-state index contributed by atoms with van der Waals surface area (Å²) in [5, 5.41) is 1.32. The van der Waals surface area contributed by atoms with Crippen LogP contribution in [0.15, 0.2) is 42.5 Å². The van der Waals surface area contributed by atoms with Gasteiger partial charge >= 0.3 is 18.4 Å². The molecule has 15 heteroatoms. The number of alkyl halides is 6. The number of hydrogen-bond donors (Lipinski definition) is 2. The molecule has 0 aliphatic heterocycles. The Hall–Kier alpha value is -2.70. The molecule has 3 amide bonds. The highest BCUT2D eigenvalue weighted by atomic mass is 35.5. The number of amides is 3. The molecule has 0 saturated carbocycles. The van der Waals surface area contributed by atoms with Gasteiger partial charge < -0.3 is 5.32 Å². The molecule has 0 aliphatic carbocycles. The van der Waals surface area contributed by atoms with Crippen molar-refractivity contribution in [3.63, 3.8) is 0 Å². The van der Waals surface area contributed by atoms with Gasteiger partial charge in [0.05, 0.1) is 15.1 Å². The summed E-state index contributed by atoms with van der Waals surface area (Å²) in [5.41, 5.74) is 1.06. The first kappa shape index (κ1) is 29.5. The third-order valence-corrected chi connectivity index (χ3v) is 5.66. The Morgan fingerprint density at radius 3 is 1.94 bits per heavy atom. The van der Waals surface area contributed by atoms with E-state index in [1.807, 2.05) is 5.43 Å². The number of carbonyl (C=O) groups excluding carboxylic acids is 2. The lowest BCUT2D eigenvalue weighted by Crippen LogP contribution is -2.50. The predicted octanol–water partition coefficient (Wildman–Crippen LogP) is 7.15. The summed E-state index contributed by atoms with van der Waals surface area (Å²) >= 11 is 17.3. The van der Waals surface area contributed by atoms with E-state index in [4.69, 9.17) is 34.8 Å². The molecule has 0 saturated heterocycles. The third kappa shape index (κ3) is 8.17. The maximum Gasteiger partial charge on any atom is 0.405 e. The van der Waals surface area contributed by atoms with Crippen LogP contribution in [0.25, 0.3) is 5.83 Å². The molecule has 1 atom stereocenters. The van der Waals surface area contributed by atoms with Crippen molar-refractivity contribution in [2.24, 2.45) is 0 Å². The number of allylic oxidation sites excluding steroid dienone is 1. The highest BCUT2D eigenvalue weighted by Gasteiger charge is 2.40. The van der Waals surface area contributed by atoms with Gasteiger partial charge in [0.2, 0.25) is 0 Å². The van der Waals surface area contributed by atoms with Gasteiger partial charge in [-0.05, 0) is 35.9 Å². The monoisotopic (exact) mass is 579 g/mol. The van der Waals surface area contributed by atoms with Gasteiger partial charge in [0.15, 0.2) is 0 Å². The van der Waals surface area contributed by atoms with Crippen LogP contribution < -0.4 is 10.7 Å². The van der Waals surface area contributed by atoms with E-state index < -0.39 is 48.1 Å². The van der Waals surface area contributed by atoms with Crippen LogP contribution in [0.1, 0.15) is 27.4 Å². The fourth-order valence-electron chi connectivity index (χ4n) is 2.72. The zero-order valence-corrected chi connectivity index (χ0v) is 20.1. The lowest BCUT2D eigenvalue weighted by Gasteiger charge is -2.19. The molecule has 0 spiro atoms. The second-order valence-electron chi connectivity index (χ2n) is 7.18. The van der Waals surface area contributed by atoms with Crippen LogP contribution >= 0.6 is 34.8 Å². The minimum absolute atomic E-state index is 0.161. The average Bonchev–Trinajstić information content (AvgIpc) is 2.77. The van der Waals surface area contributed by atoms with Gasteiger partial charge in [-0.3, -0.25) is 10.2 Å². The maximum absolute atomic E-state index is 14.7. The third-order valence-electron chi connectivity index (χ3n) is 4.47. The van der Waals surface area contributed by atoms with Crippen LogP contribution in [0.3, 0.4) is 0 Å². The number of nitrogens with one attached hydrogen (secondary N) is 2. The van der Waals surface area contributed by atoms with E-state index >= 15 is 0 Å². The molecule has 36 heavy (non-hydrogen) atoms. The number of benzene rings is 2. The van der Waals surface area contributed by atoms with Crippen LogP contribution in [0.4, 0.5) is 35.5 Å². The normalized spacial score (nSPS) is 13.2. The van der Waals surface area contributed by atoms with Crippen LogP contribution in [-0.4, -0.2) is 42.9 Å². The van der Waals surface area contributed by atoms with E-state index in [0.29, 0.717) is 11.1 Å². The van der Waals surface area contributed by atoms with Gasteiger partial charge in [0.25, 0.3) is 5.91 Å². The summed E-state index contributed by atoms with van der Waals surface area (Å²) in [6.45, 7) is -1.63. The van der Waals surface area contributed by atoms with Crippen molar-refractivity contribution in [3.8, 4) is 0 Å². The minimum atomic E-state index is -4.92. The van der Waals surface area contributed by atoms with Crippen LogP contribution in [0, 0.1) is 0 Å². The topological polar surface area (TPSA) is 61.4 Å². The molecule has 196 valence electrons. The summed E-state index contributed by atoms with van der Waals surface area (Å²) in [4.78, 5) is 23.8. The van der Waals surface area contributed by atoms with Gasteiger partial charge in [-0.1, -0.05) is 46.9 Å². The van der Waals surface area contributed by atoms with Gasteiger partial charge in [0.1, 0.15) is 18.3 Å². The van der Waals surface area contributed by atoms with Crippen molar-refractivity contribution in [1.82, 2.24) is 15.8 Å². The van der Waals surface area contributed by atoms with E-state index in [-0.39, 0.29) is 26.2 Å². The van der Waals surface area contributed by atoms with E-state index in [9.17, 15) is 40.3 Å². The Labute approximate surface area is 214 Å². The number of halogens is 10. The van der Waals surface area contributed by atoms with Crippen LogP contribution in [-0.2, 0) is 0 Å².